The van der Waals surface area contributed by atoms with E-state index >= 15 is 0 Å². The molecular weight excluding hydrogens is 432 g/mol. The minimum absolute atomic E-state index is 0.340. The highest BCUT2D eigenvalue weighted by molar-refractivity contribution is 5.66. The van der Waals surface area contributed by atoms with E-state index in [1.807, 2.05) is 0 Å². The molecule has 0 spiro atoms. The summed E-state index contributed by atoms with van der Waals surface area (Å²) in [4.78, 5) is 16.4. The molecule has 35 heavy (non-hydrogen) atoms. The zero-order valence-electron chi connectivity index (χ0n) is 21.0. The van der Waals surface area contributed by atoms with Crippen LogP contribution in [0.2, 0.25) is 0 Å². The molecule has 0 atom stereocenters. The monoisotopic (exact) mass is 468 g/mol. The third-order valence-corrected chi connectivity index (χ3v) is 7.15. The van der Waals surface area contributed by atoms with Crippen molar-refractivity contribution in [2.24, 2.45) is 0 Å². The first-order valence-electron chi connectivity index (χ1n) is 12.8. The summed E-state index contributed by atoms with van der Waals surface area (Å²) in [5.41, 5.74) is 13.8. The molecule has 2 aliphatic heterocycles. The van der Waals surface area contributed by atoms with Crippen LogP contribution in [-0.2, 0) is 19.4 Å². The number of aromatic nitrogens is 2. The predicted molar refractivity (Wildman–Crippen MR) is 144 cm³/mol. The van der Waals surface area contributed by atoms with Gasteiger partial charge in [0.05, 0.1) is 5.69 Å². The SMILES string of the molecule is CC/C=C(/Cc1ccccc1)N1CCc2ccc(-c3cc(N4CCN(C)CC4)nc(N)n3)cc2C1. The van der Waals surface area contributed by atoms with Crippen LogP contribution in [0.4, 0.5) is 11.8 Å². The van der Waals surface area contributed by atoms with Gasteiger partial charge in [-0.15, -0.1) is 0 Å². The largest absolute Gasteiger partial charge is 0.370 e. The van der Waals surface area contributed by atoms with E-state index in [2.05, 4.69) is 99.3 Å². The molecule has 0 amide bonds. The Balaban J connectivity index is 1.38. The molecule has 0 bridgehead atoms. The first-order valence-corrected chi connectivity index (χ1v) is 12.8. The van der Waals surface area contributed by atoms with Crippen LogP contribution in [0.3, 0.4) is 0 Å². The minimum atomic E-state index is 0.340. The fourth-order valence-corrected chi connectivity index (χ4v) is 5.11. The Bertz CT molecular complexity index is 1180. The maximum atomic E-state index is 6.16. The number of nitrogens with two attached hydrogens (primary N) is 1. The van der Waals surface area contributed by atoms with Crippen molar-refractivity contribution >= 4 is 11.8 Å². The Labute approximate surface area is 209 Å². The van der Waals surface area contributed by atoms with Gasteiger partial charge in [0, 0.05) is 63.0 Å². The number of allylic oxidation sites excluding steroid dienone is 2. The molecule has 0 unspecified atom stereocenters. The molecular formula is C29H36N6. The molecule has 182 valence electrons. The van der Waals surface area contributed by atoms with Crippen molar-refractivity contribution in [2.45, 2.75) is 32.7 Å². The van der Waals surface area contributed by atoms with E-state index in [1.54, 1.807) is 0 Å². The molecule has 0 radical (unpaired) electrons. The van der Waals surface area contributed by atoms with Gasteiger partial charge in [-0.25, -0.2) is 4.98 Å². The molecule has 1 saturated heterocycles. The number of nitrogen functional groups attached to an aromatic ring is 1. The molecule has 2 N–H and O–H groups in total. The predicted octanol–water partition coefficient (Wildman–Crippen LogP) is 4.37. The molecule has 1 fully saturated rings. The molecule has 3 heterocycles. The zero-order chi connectivity index (χ0) is 24.2. The molecule has 0 aliphatic carbocycles. The van der Waals surface area contributed by atoms with E-state index in [0.29, 0.717) is 5.95 Å². The van der Waals surface area contributed by atoms with Gasteiger partial charge in [0.25, 0.3) is 0 Å². The van der Waals surface area contributed by atoms with E-state index < -0.39 is 0 Å². The Morgan fingerprint density at radius 2 is 1.74 bits per heavy atom. The molecule has 2 aromatic carbocycles. The first kappa shape index (κ1) is 23.4. The molecule has 1 aromatic heterocycles. The van der Waals surface area contributed by atoms with E-state index in [9.17, 15) is 0 Å². The van der Waals surface area contributed by atoms with Crippen molar-refractivity contribution in [1.29, 1.82) is 0 Å². The fourth-order valence-electron chi connectivity index (χ4n) is 5.11. The maximum Gasteiger partial charge on any atom is 0.222 e. The van der Waals surface area contributed by atoms with Crippen LogP contribution in [0.5, 0.6) is 0 Å². The number of rotatable bonds is 6. The summed E-state index contributed by atoms with van der Waals surface area (Å²) in [7, 11) is 2.16. The second-order valence-corrected chi connectivity index (χ2v) is 9.68. The van der Waals surface area contributed by atoms with Crippen LogP contribution in [0.25, 0.3) is 11.3 Å². The average molecular weight is 469 g/mol. The summed E-state index contributed by atoms with van der Waals surface area (Å²) in [5, 5.41) is 0. The second-order valence-electron chi connectivity index (χ2n) is 9.68. The number of likely N-dealkylation sites (N-methyl/N-ethyl adjacent to an activating group) is 1. The van der Waals surface area contributed by atoms with Gasteiger partial charge < -0.3 is 20.4 Å². The number of piperazine rings is 1. The quantitative estimate of drug-likeness (QED) is 0.580. The summed E-state index contributed by atoms with van der Waals surface area (Å²) in [6.07, 6.45) is 5.46. The summed E-state index contributed by atoms with van der Waals surface area (Å²) in [5.74, 6) is 1.27. The third kappa shape index (κ3) is 5.49. The van der Waals surface area contributed by atoms with Crippen molar-refractivity contribution in [2.75, 3.05) is 50.4 Å². The summed E-state index contributed by atoms with van der Waals surface area (Å²) in [6.45, 7) is 8.18. The normalized spacial score (nSPS) is 16.9. The van der Waals surface area contributed by atoms with Crippen LogP contribution in [0.15, 0.2) is 66.4 Å². The van der Waals surface area contributed by atoms with Crippen molar-refractivity contribution in [3.8, 4) is 11.3 Å². The van der Waals surface area contributed by atoms with E-state index in [0.717, 1.165) is 75.6 Å². The van der Waals surface area contributed by atoms with Gasteiger partial charge in [0.1, 0.15) is 5.82 Å². The molecule has 5 rings (SSSR count). The van der Waals surface area contributed by atoms with Crippen LogP contribution in [-0.4, -0.2) is 59.5 Å². The van der Waals surface area contributed by atoms with Gasteiger partial charge >= 0.3 is 0 Å². The topological polar surface area (TPSA) is 61.5 Å². The standard InChI is InChI=1S/C29H36N6/c1-3-7-26(18-22-8-5-4-6-9-22)35-13-12-23-10-11-24(19-25(23)21-35)27-20-28(32-29(30)31-27)34-16-14-33(2)15-17-34/h4-11,19-20H,3,12-18,21H2,1-2H3,(H2,30,31,32)/b26-7-. The van der Waals surface area contributed by atoms with Crippen LogP contribution >= 0.6 is 0 Å². The van der Waals surface area contributed by atoms with Crippen molar-refractivity contribution in [3.05, 3.63) is 83.1 Å². The summed E-state index contributed by atoms with van der Waals surface area (Å²) < 4.78 is 0. The van der Waals surface area contributed by atoms with Gasteiger partial charge in [-0.3, -0.25) is 0 Å². The van der Waals surface area contributed by atoms with Gasteiger partial charge in [0.15, 0.2) is 0 Å². The highest BCUT2D eigenvalue weighted by atomic mass is 15.3. The Morgan fingerprint density at radius 3 is 2.51 bits per heavy atom. The Morgan fingerprint density at radius 1 is 0.943 bits per heavy atom. The lowest BCUT2D eigenvalue weighted by Gasteiger charge is -2.34. The van der Waals surface area contributed by atoms with Crippen molar-refractivity contribution in [3.63, 3.8) is 0 Å². The summed E-state index contributed by atoms with van der Waals surface area (Å²) in [6, 6.07) is 19.6. The van der Waals surface area contributed by atoms with Crippen LogP contribution < -0.4 is 10.6 Å². The molecule has 6 heteroatoms. The lowest BCUT2D eigenvalue weighted by molar-refractivity contribution is 0.312. The number of hydrogen-bond donors (Lipinski definition) is 1. The van der Waals surface area contributed by atoms with Gasteiger partial charge in [-0.05, 0) is 42.6 Å². The lowest BCUT2D eigenvalue weighted by atomic mass is 9.95. The number of nitrogens with zero attached hydrogens (tertiary/aromatic N) is 5. The highest BCUT2D eigenvalue weighted by Crippen LogP contribution is 2.30. The van der Waals surface area contributed by atoms with Gasteiger partial charge in [0.2, 0.25) is 5.95 Å². The van der Waals surface area contributed by atoms with E-state index in [1.165, 1.54) is 22.4 Å². The van der Waals surface area contributed by atoms with Crippen molar-refractivity contribution in [1.82, 2.24) is 19.8 Å². The van der Waals surface area contributed by atoms with Crippen molar-refractivity contribution < 1.29 is 0 Å². The number of benzene rings is 2. The average Bonchev–Trinajstić information content (AvgIpc) is 2.88. The third-order valence-electron chi connectivity index (χ3n) is 7.15. The van der Waals surface area contributed by atoms with E-state index in [-0.39, 0.29) is 0 Å². The molecule has 6 nitrogen and oxygen atoms in total. The zero-order valence-corrected chi connectivity index (χ0v) is 21.0. The summed E-state index contributed by atoms with van der Waals surface area (Å²) >= 11 is 0. The lowest BCUT2D eigenvalue weighted by Crippen LogP contribution is -2.44. The van der Waals surface area contributed by atoms with E-state index in [4.69, 9.17) is 5.73 Å². The molecule has 3 aromatic rings. The van der Waals surface area contributed by atoms with Crippen LogP contribution in [0.1, 0.15) is 30.0 Å². The number of hydrogen-bond acceptors (Lipinski definition) is 6. The van der Waals surface area contributed by atoms with Gasteiger partial charge in [-0.2, -0.15) is 4.98 Å². The van der Waals surface area contributed by atoms with Gasteiger partial charge in [-0.1, -0.05) is 55.5 Å². The molecule has 2 aliphatic rings. The first-order chi connectivity index (χ1) is 17.1. The maximum absolute atomic E-state index is 6.16. The second kappa shape index (κ2) is 10.5. The number of fused-ring (bicyclic) bond motifs is 1. The minimum Gasteiger partial charge on any atom is -0.370 e. The number of anilines is 2. The fraction of sp³-hybridized carbons (Fsp3) is 0.379. The van der Waals surface area contributed by atoms with Crippen LogP contribution in [0, 0.1) is 0 Å². The highest BCUT2D eigenvalue weighted by Gasteiger charge is 2.21. The molecule has 0 saturated carbocycles. The Kier molecular flexibility index (Phi) is 7.00. The smallest absolute Gasteiger partial charge is 0.222 e. The Hall–Kier alpha value is -3.38.